The summed E-state index contributed by atoms with van der Waals surface area (Å²) in [5, 5.41) is 16.0. The van der Waals surface area contributed by atoms with E-state index in [1.54, 1.807) is 20.0 Å². The van der Waals surface area contributed by atoms with Crippen LogP contribution in [0.1, 0.15) is 33.1 Å². The Hall–Kier alpha value is -1.85. The highest BCUT2D eigenvalue weighted by Crippen LogP contribution is 2.54. The van der Waals surface area contributed by atoms with Crippen LogP contribution in [0.4, 0.5) is 5.69 Å². The summed E-state index contributed by atoms with van der Waals surface area (Å²) in [6.07, 6.45) is 6.58. The highest BCUT2D eigenvalue weighted by Gasteiger charge is 2.51. The van der Waals surface area contributed by atoms with Crippen molar-refractivity contribution in [3.8, 4) is 0 Å². The second-order valence-corrected chi connectivity index (χ2v) is 6.37. The third-order valence-electron chi connectivity index (χ3n) is 4.35. The van der Waals surface area contributed by atoms with Gasteiger partial charge in [-0.3, -0.25) is 9.48 Å². The summed E-state index contributed by atoms with van der Waals surface area (Å²) >= 11 is 0. The minimum atomic E-state index is -1.13. The number of anilines is 1. The molecule has 3 rings (SSSR count). The van der Waals surface area contributed by atoms with Crippen LogP contribution in [0.2, 0.25) is 0 Å². The lowest BCUT2D eigenvalue weighted by molar-refractivity contribution is -0.146. The number of carbonyl (C=O) groups excluding carboxylic acids is 1. The molecule has 1 heterocycles. The van der Waals surface area contributed by atoms with Gasteiger partial charge in [-0.15, -0.1) is 0 Å². The smallest absolute Gasteiger partial charge is 0.331 e. The zero-order valence-corrected chi connectivity index (χ0v) is 11.7. The molecule has 1 amide bonds. The lowest BCUT2D eigenvalue weighted by atomic mass is 10.1. The Labute approximate surface area is 117 Å². The van der Waals surface area contributed by atoms with Crippen molar-refractivity contribution in [3.63, 3.8) is 0 Å². The van der Waals surface area contributed by atoms with Crippen molar-refractivity contribution in [1.82, 2.24) is 9.78 Å². The van der Waals surface area contributed by atoms with Crippen molar-refractivity contribution >= 4 is 17.6 Å². The van der Waals surface area contributed by atoms with Gasteiger partial charge >= 0.3 is 5.97 Å². The Bertz CT molecular complexity index is 560. The number of hydrogen-bond donors (Lipinski definition) is 2. The maximum absolute atomic E-state index is 12.0. The van der Waals surface area contributed by atoms with Crippen molar-refractivity contribution in [2.24, 2.45) is 17.8 Å². The highest BCUT2D eigenvalue weighted by atomic mass is 16.4. The van der Waals surface area contributed by atoms with Crippen molar-refractivity contribution < 1.29 is 14.7 Å². The number of amides is 1. The molecule has 6 nitrogen and oxygen atoms in total. The van der Waals surface area contributed by atoms with Crippen molar-refractivity contribution in [2.75, 3.05) is 5.32 Å². The quantitative estimate of drug-likeness (QED) is 0.857. The van der Waals surface area contributed by atoms with Gasteiger partial charge in [-0.1, -0.05) is 0 Å². The van der Waals surface area contributed by atoms with Crippen LogP contribution < -0.4 is 5.32 Å². The molecule has 2 atom stereocenters. The van der Waals surface area contributed by atoms with E-state index in [4.69, 9.17) is 5.11 Å². The number of aromatic nitrogens is 2. The number of carboxylic acid groups (broad SMARTS) is 1. The summed E-state index contributed by atoms with van der Waals surface area (Å²) in [4.78, 5) is 23.2. The lowest BCUT2D eigenvalue weighted by Crippen LogP contribution is -2.35. The maximum Gasteiger partial charge on any atom is 0.331 e. The van der Waals surface area contributed by atoms with E-state index in [2.05, 4.69) is 10.4 Å². The number of hydrogen-bond acceptors (Lipinski definition) is 3. The molecule has 0 radical (unpaired) electrons. The van der Waals surface area contributed by atoms with Crippen molar-refractivity contribution in [1.29, 1.82) is 0 Å². The molecule has 20 heavy (non-hydrogen) atoms. The molecule has 0 spiro atoms. The fourth-order valence-corrected chi connectivity index (χ4v) is 2.59. The molecule has 2 aliphatic carbocycles. The average Bonchev–Trinajstić information content (AvgIpc) is 3.25. The van der Waals surface area contributed by atoms with Crippen molar-refractivity contribution in [2.45, 2.75) is 38.6 Å². The monoisotopic (exact) mass is 277 g/mol. The molecule has 0 aromatic carbocycles. The summed E-state index contributed by atoms with van der Waals surface area (Å²) < 4.78 is 1.36. The molecule has 1 aromatic rings. The molecule has 2 fully saturated rings. The van der Waals surface area contributed by atoms with Crippen LogP contribution in [0.5, 0.6) is 0 Å². The minimum absolute atomic E-state index is 0.0366. The zero-order valence-electron chi connectivity index (χ0n) is 11.7. The Balaban J connectivity index is 1.63. The summed E-state index contributed by atoms with van der Waals surface area (Å²) in [5.74, 6) is 0.544. The van der Waals surface area contributed by atoms with E-state index in [-0.39, 0.29) is 11.8 Å². The number of aliphatic carboxylic acids is 1. The molecule has 2 aliphatic rings. The van der Waals surface area contributed by atoms with Gasteiger partial charge in [0.25, 0.3) is 0 Å². The number of carbonyl (C=O) groups is 2. The van der Waals surface area contributed by atoms with Gasteiger partial charge in [0.15, 0.2) is 5.54 Å². The van der Waals surface area contributed by atoms with Gasteiger partial charge < -0.3 is 10.4 Å². The summed E-state index contributed by atoms with van der Waals surface area (Å²) in [6.45, 7) is 3.13. The van der Waals surface area contributed by atoms with Crippen LogP contribution in [0, 0.1) is 17.8 Å². The topological polar surface area (TPSA) is 84.2 Å². The number of rotatable bonds is 5. The average molecular weight is 277 g/mol. The van der Waals surface area contributed by atoms with Gasteiger partial charge in [0.2, 0.25) is 5.91 Å². The highest BCUT2D eigenvalue weighted by molar-refractivity contribution is 5.94. The van der Waals surface area contributed by atoms with E-state index in [9.17, 15) is 9.59 Å². The van der Waals surface area contributed by atoms with Crippen LogP contribution in [-0.4, -0.2) is 26.8 Å². The van der Waals surface area contributed by atoms with Crippen LogP contribution in [0.3, 0.4) is 0 Å². The Kier molecular flexibility index (Phi) is 2.84. The Morgan fingerprint density at radius 2 is 2.15 bits per heavy atom. The predicted octanol–water partition coefficient (Wildman–Crippen LogP) is 1.69. The predicted molar refractivity (Wildman–Crippen MR) is 72.1 cm³/mol. The third-order valence-corrected chi connectivity index (χ3v) is 4.35. The van der Waals surface area contributed by atoms with E-state index in [0.717, 1.165) is 12.3 Å². The normalized spacial score (nSPS) is 25.3. The molecule has 6 heteroatoms. The van der Waals surface area contributed by atoms with E-state index in [1.165, 1.54) is 23.7 Å². The molecule has 0 aliphatic heterocycles. The molecule has 2 unspecified atom stereocenters. The molecule has 0 saturated heterocycles. The van der Waals surface area contributed by atoms with Gasteiger partial charge in [0, 0.05) is 12.1 Å². The molecular weight excluding hydrogens is 258 g/mol. The van der Waals surface area contributed by atoms with E-state index in [1.807, 2.05) is 0 Å². The SMILES string of the molecule is CC(C)(C(=O)O)n1cc(NC(=O)C2CC2C2CC2)cn1. The standard InChI is InChI=1S/C14H19N3O3/c1-14(2,13(19)20)17-7-9(6-15-17)16-12(18)11-5-10(11)8-3-4-8/h6-8,10-11H,3-5H2,1-2H3,(H,16,18)(H,19,20). The van der Waals surface area contributed by atoms with Crippen LogP contribution in [0.25, 0.3) is 0 Å². The number of carboxylic acids is 1. The summed E-state index contributed by atoms with van der Waals surface area (Å²) in [5.41, 5.74) is -0.565. The van der Waals surface area contributed by atoms with Crippen molar-refractivity contribution in [3.05, 3.63) is 12.4 Å². The van der Waals surface area contributed by atoms with Crippen LogP contribution in [-0.2, 0) is 15.1 Å². The van der Waals surface area contributed by atoms with Crippen LogP contribution >= 0.6 is 0 Å². The molecule has 2 N–H and O–H groups in total. The van der Waals surface area contributed by atoms with Gasteiger partial charge in [0.05, 0.1) is 11.9 Å². The zero-order chi connectivity index (χ0) is 14.5. The Morgan fingerprint density at radius 3 is 2.75 bits per heavy atom. The summed E-state index contributed by atoms with van der Waals surface area (Å²) in [7, 11) is 0. The van der Waals surface area contributed by atoms with E-state index >= 15 is 0 Å². The van der Waals surface area contributed by atoms with Gasteiger partial charge in [-0.05, 0) is 44.9 Å². The first-order valence-corrected chi connectivity index (χ1v) is 6.99. The third kappa shape index (κ3) is 2.30. The number of nitrogens with zero attached hydrogens (tertiary/aromatic N) is 2. The maximum atomic E-state index is 12.0. The van der Waals surface area contributed by atoms with Gasteiger partial charge in [0.1, 0.15) is 0 Å². The van der Waals surface area contributed by atoms with Crippen LogP contribution in [0.15, 0.2) is 12.4 Å². The minimum Gasteiger partial charge on any atom is -0.479 e. The molecule has 2 saturated carbocycles. The van der Waals surface area contributed by atoms with E-state index in [0.29, 0.717) is 11.6 Å². The molecular formula is C14H19N3O3. The second kappa shape index (κ2) is 4.33. The second-order valence-electron chi connectivity index (χ2n) is 6.37. The molecule has 0 bridgehead atoms. The number of nitrogens with one attached hydrogen (secondary N) is 1. The first-order valence-electron chi connectivity index (χ1n) is 6.99. The lowest BCUT2D eigenvalue weighted by Gasteiger charge is -2.19. The van der Waals surface area contributed by atoms with E-state index < -0.39 is 11.5 Å². The summed E-state index contributed by atoms with van der Waals surface area (Å²) in [6, 6.07) is 0. The first kappa shape index (κ1) is 13.1. The molecule has 1 aromatic heterocycles. The molecule has 108 valence electrons. The Morgan fingerprint density at radius 1 is 1.45 bits per heavy atom. The first-order chi connectivity index (χ1) is 9.39. The largest absolute Gasteiger partial charge is 0.479 e. The fourth-order valence-electron chi connectivity index (χ4n) is 2.59. The fraction of sp³-hybridized carbons (Fsp3) is 0.643. The van der Waals surface area contributed by atoms with Gasteiger partial charge in [-0.25, -0.2) is 4.79 Å². The van der Waals surface area contributed by atoms with Gasteiger partial charge in [-0.2, -0.15) is 5.10 Å².